The lowest BCUT2D eigenvalue weighted by Gasteiger charge is -2.29. The first kappa shape index (κ1) is 14.7. The Morgan fingerprint density at radius 2 is 2.23 bits per heavy atom. The standard InChI is InChI=1S/C16H19N3O3/c1-18-10-17-13-7-11(4-5-14(13)18)15(20)9-19-6-2-3-12(8-19)16(21)22/h4-5,7,10,12H,2-3,6,8-9H2,1H3,(H,21,22). The van der Waals surface area contributed by atoms with Crippen LogP contribution < -0.4 is 0 Å². The molecule has 6 nitrogen and oxygen atoms in total. The number of carbonyl (C=O) groups excluding carboxylic acids is 1. The zero-order valence-corrected chi connectivity index (χ0v) is 12.5. The van der Waals surface area contributed by atoms with Crippen LogP contribution in [0.4, 0.5) is 0 Å². The Bertz CT molecular complexity index is 722. The molecule has 1 aromatic heterocycles. The highest BCUT2D eigenvalue weighted by atomic mass is 16.4. The second-order valence-electron chi connectivity index (χ2n) is 5.89. The van der Waals surface area contributed by atoms with Crippen LogP contribution in [-0.4, -0.2) is 50.9 Å². The number of rotatable bonds is 4. The van der Waals surface area contributed by atoms with Crippen molar-refractivity contribution >= 4 is 22.8 Å². The number of fused-ring (bicyclic) bond motifs is 1. The number of nitrogens with zero attached hydrogens (tertiary/aromatic N) is 3. The number of aliphatic carboxylic acids is 1. The third kappa shape index (κ3) is 2.87. The Labute approximate surface area is 128 Å². The second kappa shape index (κ2) is 5.88. The number of imidazole rings is 1. The Balaban J connectivity index is 1.71. The fourth-order valence-electron chi connectivity index (χ4n) is 3.00. The summed E-state index contributed by atoms with van der Waals surface area (Å²) in [5.74, 6) is -1.12. The summed E-state index contributed by atoms with van der Waals surface area (Å²) >= 11 is 0. The van der Waals surface area contributed by atoms with Crippen molar-refractivity contribution < 1.29 is 14.7 Å². The molecule has 0 aliphatic carbocycles. The molecule has 0 bridgehead atoms. The summed E-state index contributed by atoms with van der Waals surface area (Å²) in [5.41, 5.74) is 2.42. The third-order valence-electron chi connectivity index (χ3n) is 4.27. The number of aryl methyl sites for hydroxylation is 1. The normalized spacial score (nSPS) is 19.4. The summed E-state index contributed by atoms with van der Waals surface area (Å²) in [4.78, 5) is 29.7. The zero-order valence-electron chi connectivity index (χ0n) is 12.5. The van der Waals surface area contributed by atoms with Crippen molar-refractivity contribution in [1.29, 1.82) is 0 Å². The highest BCUT2D eigenvalue weighted by Gasteiger charge is 2.26. The van der Waals surface area contributed by atoms with Gasteiger partial charge < -0.3 is 9.67 Å². The minimum atomic E-state index is -0.771. The molecule has 0 spiro atoms. The van der Waals surface area contributed by atoms with E-state index in [2.05, 4.69) is 4.98 Å². The lowest BCUT2D eigenvalue weighted by Crippen LogP contribution is -2.41. The summed E-state index contributed by atoms with van der Waals surface area (Å²) in [7, 11) is 1.91. The van der Waals surface area contributed by atoms with Crippen molar-refractivity contribution in [2.45, 2.75) is 12.8 Å². The van der Waals surface area contributed by atoms with Crippen molar-refractivity contribution in [3.63, 3.8) is 0 Å². The van der Waals surface area contributed by atoms with Gasteiger partial charge in [-0.05, 0) is 37.6 Å². The van der Waals surface area contributed by atoms with Gasteiger partial charge in [0.25, 0.3) is 0 Å². The first-order valence-electron chi connectivity index (χ1n) is 7.44. The molecule has 1 aromatic carbocycles. The fraction of sp³-hybridized carbons (Fsp3) is 0.438. The van der Waals surface area contributed by atoms with E-state index in [1.807, 2.05) is 28.6 Å². The lowest BCUT2D eigenvalue weighted by molar-refractivity contribution is -0.143. The predicted octanol–water partition coefficient (Wildman–Crippen LogP) is 1.55. The van der Waals surface area contributed by atoms with Crippen molar-refractivity contribution in [2.24, 2.45) is 13.0 Å². The van der Waals surface area contributed by atoms with Crippen molar-refractivity contribution in [3.05, 3.63) is 30.1 Å². The van der Waals surface area contributed by atoms with Crippen LogP contribution in [0.1, 0.15) is 23.2 Å². The Morgan fingerprint density at radius 3 is 3.00 bits per heavy atom. The highest BCUT2D eigenvalue weighted by molar-refractivity contribution is 6.00. The molecule has 1 aliphatic rings. The summed E-state index contributed by atoms with van der Waals surface area (Å²) in [6.07, 6.45) is 3.24. The number of carboxylic acid groups (broad SMARTS) is 1. The van der Waals surface area contributed by atoms with Crippen LogP contribution in [0.3, 0.4) is 0 Å². The number of likely N-dealkylation sites (tertiary alicyclic amines) is 1. The highest BCUT2D eigenvalue weighted by Crippen LogP contribution is 2.18. The first-order valence-corrected chi connectivity index (χ1v) is 7.44. The van der Waals surface area contributed by atoms with Crippen LogP contribution in [0.5, 0.6) is 0 Å². The number of benzene rings is 1. The summed E-state index contributed by atoms with van der Waals surface area (Å²) in [6.45, 7) is 1.50. The van der Waals surface area contributed by atoms with Crippen molar-refractivity contribution in [2.75, 3.05) is 19.6 Å². The van der Waals surface area contributed by atoms with Crippen LogP contribution in [0, 0.1) is 5.92 Å². The van der Waals surface area contributed by atoms with E-state index >= 15 is 0 Å². The van der Waals surface area contributed by atoms with Crippen molar-refractivity contribution in [1.82, 2.24) is 14.5 Å². The predicted molar refractivity (Wildman–Crippen MR) is 81.8 cm³/mol. The minimum absolute atomic E-state index is 0.0126. The van der Waals surface area contributed by atoms with Gasteiger partial charge in [0.2, 0.25) is 0 Å². The van der Waals surface area contributed by atoms with Gasteiger partial charge in [0.05, 0.1) is 29.8 Å². The quantitative estimate of drug-likeness (QED) is 0.867. The molecule has 22 heavy (non-hydrogen) atoms. The van der Waals surface area contributed by atoms with E-state index in [9.17, 15) is 9.59 Å². The van der Waals surface area contributed by atoms with Gasteiger partial charge in [0.15, 0.2) is 5.78 Å². The number of Topliss-reactive ketones (excluding diaryl/α,β-unsaturated/α-hetero) is 1. The number of carboxylic acids is 1. The van der Waals surface area contributed by atoms with E-state index in [1.165, 1.54) is 0 Å². The van der Waals surface area contributed by atoms with Crippen LogP contribution in [0.15, 0.2) is 24.5 Å². The maximum atomic E-state index is 12.4. The van der Waals surface area contributed by atoms with E-state index < -0.39 is 5.97 Å². The molecule has 0 saturated carbocycles. The van der Waals surface area contributed by atoms with E-state index in [-0.39, 0.29) is 18.2 Å². The third-order valence-corrected chi connectivity index (χ3v) is 4.27. The van der Waals surface area contributed by atoms with E-state index in [4.69, 9.17) is 5.11 Å². The summed E-state index contributed by atoms with van der Waals surface area (Å²) in [6, 6.07) is 5.51. The number of ketones is 1. The molecule has 6 heteroatoms. The molecular weight excluding hydrogens is 282 g/mol. The molecule has 1 N–H and O–H groups in total. The topological polar surface area (TPSA) is 75.4 Å². The van der Waals surface area contributed by atoms with Gasteiger partial charge in [0.1, 0.15) is 0 Å². The molecule has 0 amide bonds. The Kier molecular flexibility index (Phi) is 3.94. The van der Waals surface area contributed by atoms with Gasteiger partial charge in [0, 0.05) is 19.2 Å². The smallest absolute Gasteiger partial charge is 0.307 e. The van der Waals surface area contributed by atoms with Crippen LogP contribution in [0.25, 0.3) is 11.0 Å². The molecule has 0 radical (unpaired) electrons. The van der Waals surface area contributed by atoms with Gasteiger partial charge in [-0.1, -0.05) is 0 Å². The number of hydrogen-bond acceptors (Lipinski definition) is 4. The summed E-state index contributed by atoms with van der Waals surface area (Å²) < 4.78 is 1.91. The lowest BCUT2D eigenvalue weighted by atomic mass is 9.97. The van der Waals surface area contributed by atoms with E-state index in [1.54, 1.807) is 12.4 Å². The second-order valence-corrected chi connectivity index (χ2v) is 5.89. The van der Waals surface area contributed by atoms with Gasteiger partial charge in [-0.15, -0.1) is 0 Å². The molecular formula is C16H19N3O3. The molecule has 1 atom stereocenters. The molecule has 116 valence electrons. The maximum Gasteiger partial charge on any atom is 0.307 e. The van der Waals surface area contributed by atoms with Gasteiger partial charge in [-0.2, -0.15) is 0 Å². The number of aromatic nitrogens is 2. The van der Waals surface area contributed by atoms with Gasteiger partial charge in [-0.3, -0.25) is 14.5 Å². The molecule has 2 aromatic rings. The average molecular weight is 301 g/mol. The fourth-order valence-corrected chi connectivity index (χ4v) is 3.00. The Morgan fingerprint density at radius 1 is 1.41 bits per heavy atom. The molecule has 1 aliphatic heterocycles. The maximum absolute atomic E-state index is 12.4. The largest absolute Gasteiger partial charge is 0.481 e. The molecule has 1 fully saturated rings. The molecule has 1 unspecified atom stereocenters. The van der Waals surface area contributed by atoms with Crippen LogP contribution >= 0.6 is 0 Å². The molecule has 3 rings (SSSR count). The van der Waals surface area contributed by atoms with Gasteiger partial charge in [-0.25, -0.2) is 4.98 Å². The van der Waals surface area contributed by atoms with Crippen LogP contribution in [0.2, 0.25) is 0 Å². The van der Waals surface area contributed by atoms with Gasteiger partial charge >= 0.3 is 5.97 Å². The monoisotopic (exact) mass is 301 g/mol. The number of carbonyl (C=O) groups is 2. The zero-order chi connectivity index (χ0) is 15.7. The molecule has 1 saturated heterocycles. The van der Waals surface area contributed by atoms with Crippen LogP contribution in [-0.2, 0) is 11.8 Å². The van der Waals surface area contributed by atoms with E-state index in [0.29, 0.717) is 18.5 Å². The number of piperidine rings is 1. The van der Waals surface area contributed by atoms with E-state index in [0.717, 1.165) is 24.0 Å². The molecule has 2 heterocycles. The summed E-state index contributed by atoms with van der Waals surface area (Å²) in [5, 5.41) is 9.11. The minimum Gasteiger partial charge on any atom is -0.481 e. The first-order chi connectivity index (χ1) is 10.5. The SMILES string of the molecule is Cn1cnc2cc(C(=O)CN3CCCC(C(=O)O)C3)ccc21. The van der Waals surface area contributed by atoms with Crippen molar-refractivity contribution in [3.8, 4) is 0 Å². The Hall–Kier alpha value is -2.21. The average Bonchev–Trinajstić information content (AvgIpc) is 2.88. The number of hydrogen-bond donors (Lipinski definition) is 1.